The zero-order valence-electron chi connectivity index (χ0n) is 10.5. The molecule has 0 fully saturated rings. The molecule has 18 heavy (non-hydrogen) atoms. The second kappa shape index (κ2) is 4.53. The molecule has 0 aliphatic carbocycles. The quantitative estimate of drug-likeness (QED) is 0.717. The zero-order valence-corrected chi connectivity index (χ0v) is 11.3. The molecule has 0 unspecified atom stereocenters. The lowest BCUT2D eigenvalue weighted by atomic mass is 10.2. The third-order valence-electron chi connectivity index (χ3n) is 2.94. The first-order valence-corrected chi connectivity index (χ1v) is 6.97. The minimum atomic E-state index is 0.402. The molecular weight excluding hydrogens is 242 g/mol. The van der Waals surface area contributed by atoms with Crippen LogP contribution in [-0.2, 0) is 6.54 Å². The lowest BCUT2D eigenvalue weighted by Gasteiger charge is -2.09. The molecule has 3 aromatic rings. The first-order chi connectivity index (χ1) is 8.75. The van der Waals surface area contributed by atoms with Gasteiger partial charge in [-0.25, -0.2) is 9.97 Å². The minimum absolute atomic E-state index is 0.402. The Kier molecular flexibility index (Phi) is 2.88. The number of nitrogens with zero attached hydrogens (tertiary/aromatic N) is 3. The topological polar surface area (TPSA) is 30.7 Å². The Morgan fingerprint density at radius 3 is 2.89 bits per heavy atom. The number of hydrogen-bond donors (Lipinski definition) is 0. The van der Waals surface area contributed by atoms with Crippen LogP contribution in [0.3, 0.4) is 0 Å². The first-order valence-electron chi connectivity index (χ1n) is 6.09. The summed E-state index contributed by atoms with van der Waals surface area (Å²) < 4.78 is 2.23. The van der Waals surface area contributed by atoms with Crippen LogP contribution in [0.5, 0.6) is 0 Å². The maximum atomic E-state index is 4.70. The highest BCUT2D eigenvalue weighted by Crippen LogP contribution is 2.22. The summed E-state index contributed by atoms with van der Waals surface area (Å²) in [5.41, 5.74) is 1.97. The van der Waals surface area contributed by atoms with E-state index < -0.39 is 0 Å². The molecule has 0 saturated carbocycles. The molecular formula is C14H15N3S. The molecule has 0 aliphatic rings. The van der Waals surface area contributed by atoms with Gasteiger partial charge in [-0.15, -0.1) is 11.3 Å². The van der Waals surface area contributed by atoms with Gasteiger partial charge in [0.25, 0.3) is 0 Å². The number of fused-ring (bicyclic) bond motifs is 1. The molecule has 0 aromatic carbocycles. The van der Waals surface area contributed by atoms with E-state index in [9.17, 15) is 0 Å². The van der Waals surface area contributed by atoms with Crippen molar-refractivity contribution in [2.24, 2.45) is 0 Å². The van der Waals surface area contributed by atoms with Gasteiger partial charge in [-0.05, 0) is 23.6 Å². The van der Waals surface area contributed by atoms with Crippen LogP contribution in [0.1, 0.15) is 30.5 Å². The maximum absolute atomic E-state index is 4.70. The van der Waals surface area contributed by atoms with E-state index in [0.717, 1.165) is 23.5 Å². The Labute approximate surface area is 110 Å². The lowest BCUT2D eigenvalue weighted by molar-refractivity contribution is 0.684. The molecule has 92 valence electrons. The Morgan fingerprint density at radius 1 is 1.28 bits per heavy atom. The largest absolute Gasteiger partial charge is 0.307 e. The van der Waals surface area contributed by atoms with Crippen LogP contribution >= 0.6 is 11.3 Å². The Bertz CT molecular complexity index is 653. The van der Waals surface area contributed by atoms with Crippen LogP contribution in [0.25, 0.3) is 11.2 Å². The Balaban J connectivity index is 2.15. The van der Waals surface area contributed by atoms with Gasteiger partial charge in [0.1, 0.15) is 11.3 Å². The molecule has 0 spiro atoms. The highest BCUT2D eigenvalue weighted by Gasteiger charge is 2.14. The summed E-state index contributed by atoms with van der Waals surface area (Å²) in [6, 6.07) is 8.21. The molecule has 0 radical (unpaired) electrons. The van der Waals surface area contributed by atoms with E-state index in [1.165, 1.54) is 4.88 Å². The maximum Gasteiger partial charge on any atom is 0.160 e. The second-order valence-electron chi connectivity index (χ2n) is 4.64. The highest BCUT2D eigenvalue weighted by molar-refractivity contribution is 7.09. The van der Waals surface area contributed by atoms with Crippen molar-refractivity contribution >= 4 is 22.5 Å². The van der Waals surface area contributed by atoms with E-state index in [2.05, 4.69) is 40.9 Å². The normalized spacial score (nSPS) is 11.5. The predicted molar refractivity (Wildman–Crippen MR) is 75.0 cm³/mol. The standard InChI is InChI=1S/C14H15N3S/c1-10(2)13-16-12-6-3-7-15-14(12)17(13)9-11-5-4-8-18-11/h3-8,10H,9H2,1-2H3. The van der Waals surface area contributed by atoms with Gasteiger partial charge in [0, 0.05) is 17.0 Å². The van der Waals surface area contributed by atoms with Gasteiger partial charge >= 0.3 is 0 Å². The number of aromatic nitrogens is 3. The second-order valence-corrected chi connectivity index (χ2v) is 5.67. The fourth-order valence-electron chi connectivity index (χ4n) is 2.13. The summed E-state index contributed by atoms with van der Waals surface area (Å²) >= 11 is 1.77. The molecule has 4 heteroatoms. The van der Waals surface area contributed by atoms with E-state index in [1.807, 2.05) is 18.3 Å². The molecule has 0 saturated heterocycles. The van der Waals surface area contributed by atoms with Gasteiger partial charge in [-0.1, -0.05) is 19.9 Å². The van der Waals surface area contributed by atoms with E-state index in [1.54, 1.807) is 11.3 Å². The number of rotatable bonds is 3. The average Bonchev–Trinajstić information content (AvgIpc) is 2.98. The average molecular weight is 257 g/mol. The minimum Gasteiger partial charge on any atom is -0.307 e. The number of hydrogen-bond acceptors (Lipinski definition) is 3. The van der Waals surface area contributed by atoms with Crippen molar-refractivity contribution in [3.05, 3.63) is 46.5 Å². The third kappa shape index (κ3) is 1.93. The fraction of sp³-hybridized carbons (Fsp3) is 0.286. The van der Waals surface area contributed by atoms with Gasteiger partial charge < -0.3 is 4.57 Å². The van der Waals surface area contributed by atoms with E-state index in [-0.39, 0.29) is 0 Å². The molecule has 3 heterocycles. The lowest BCUT2D eigenvalue weighted by Crippen LogP contribution is -2.06. The fourth-order valence-corrected chi connectivity index (χ4v) is 2.82. The van der Waals surface area contributed by atoms with Crippen molar-refractivity contribution in [3.63, 3.8) is 0 Å². The van der Waals surface area contributed by atoms with Crippen LogP contribution < -0.4 is 0 Å². The molecule has 0 N–H and O–H groups in total. The summed E-state index contributed by atoms with van der Waals surface area (Å²) in [7, 11) is 0. The van der Waals surface area contributed by atoms with E-state index in [0.29, 0.717) is 5.92 Å². The first kappa shape index (κ1) is 11.4. The van der Waals surface area contributed by atoms with Gasteiger partial charge in [0.05, 0.1) is 6.54 Å². The summed E-state index contributed by atoms with van der Waals surface area (Å²) in [4.78, 5) is 10.5. The predicted octanol–water partition coefficient (Wildman–Crippen LogP) is 3.66. The molecule has 0 atom stereocenters. The molecule has 3 aromatic heterocycles. The summed E-state index contributed by atoms with van der Waals surface area (Å²) in [6.07, 6.45) is 1.83. The summed E-state index contributed by atoms with van der Waals surface area (Å²) in [5.74, 6) is 1.51. The zero-order chi connectivity index (χ0) is 12.5. The van der Waals surface area contributed by atoms with E-state index >= 15 is 0 Å². The molecule has 0 amide bonds. The van der Waals surface area contributed by atoms with Crippen LogP contribution in [0.15, 0.2) is 35.8 Å². The van der Waals surface area contributed by atoms with Crippen molar-refractivity contribution in [2.75, 3.05) is 0 Å². The van der Waals surface area contributed by atoms with Crippen molar-refractivity contribution in [1.82, 2.24) is 14.5 Å². The SMILES string of the molecule is CC(C)c1nc2cccnc2n1Cc1cccs1. The van der Waals surface area contributed by atoms with Crippen molar-refractivity contribution in [1.29, 1.82) is 0 Å². The van der Waals surface area contributed by atoms with Crippen molar-refractivity contribution in [2.45, 2.75) is 26.3 Å². The number of thiophene rings is 1. The molecule has 0 bridgehead atoms. The van der Waals surface area contributed by atoms with Gasteiger partial charge in [0.15, 0.2) is 5.65 Å². The Morgan fingerprint density at radius 2 is 2.17 bits per heavy atom. The Hall–Kier alpha value is -1.68. The van der Waals surface area contributed by atoms with Crippen LogP contribution in [0, 0.1) is 0 Å². The van der Waals surface area contributed by atoms with Crippen LogP contribution in [-0.4, -0.2) is 14.5 Å². The molecule has 3 nitrogen and oxygen atoms in total. The van der Waals surface area contributed by atoms with Gasteiger partial charge in [-0.3, -0.25) is 0 Å². The van der Waals surface area contributed by atoms with Gasteiger partial charge in [-0.2, -0.15) is 0 Å². The summed E-state index contributed by atoms with van der Waals surface area (Å²) in [6.45, 7) is 5.21. The van der Waals surface area contributed by atoms with Crippen molar-refractivity contribution < 1.29 is 0 Å². The molecule has 0 aliphatic heterocycles. The molecule has 3 rings (SSSR count). The van der Waals surface area contributed by atoms with E-state index in [4.69, 9.17) is 4.98 Å². The smallest absolute Gasteiger partial charge is 0.160 e. The third-order valence-corrected chi connectivity index (χ3v) is 3.80. The summed E-state index contributed by atoms with van der Waals surface area (Å²) in [5, 5.41) is 2.11. The number of pyridine rings is 1. The van der Waals surface area contributed by atoms with Crippen LogP contribution in [0.4, 0.5) is 0 Å². The highest BCUT2D eigenvalue weighted by atomic mass is 32.1. The van der Waals surface area contributed by atoms with Gasteiger partial charge in [0.2, 0.25) is 0 Å². The van der Waals surface area contributed by atoms with Crippen molar-refractivity contribution in [3.8, 4) is 0 Å². The number of imidazole rings is 1. The van der Waals surface area contributed by atoms with Crippen LogP contribution in [0.2, 0.25) is 0 Å². The monoisotopic (exact) mass is 257 g/mol.